The van der Waals surface area contributed by atoms with Gasteiger partial charge in [-0.05, 0) is 12.1 Å². The average Bonchev–Trinajstić information content (AvgIpc) is 2.21. The van der Waals surface area contributed by atoms with Crippen LogP contribution >= 0.6 is 0 Å². The minimum atomic E-state index is 0. The van der Waals surface area contributed by atoms with Gasteiger partial charge in [0.15, 0.2) is 0 Å². The molecule has 0 aromatic heterocycles. The minimum Gasteiger partial charge on any atom is -1.00 e. The first kappa shape index (κ1) is 14.5. The van der Waals surface area contributed by atoms with Crippen LogP contribution in [0.15, 0.2) is 54.6 Å². The number of ether oxygens (including phenoxy) is 1. The van der Waals surface area contributed by atoms with Crippen LogP contribution in [0.2, 0.25) is 0 Å². The van der Waals surface area contributed by atoms with E-state index in [0.717, 1.165) is 11.5 Å². The molecule has 3 heteroatoms. The van der Waals surface area contributed by atoms with Crippen molar-refractivity contribution < 1.29 is 21.7 Å². The van der Waals surface area contributed by atoms with Crippen molar-refractivity contribution >= 4 is 23.1 Å². The van der Waals surface area contributed by atoms with E-state index in [0.29, 0.717) is 0 Å². The van der Waals surface area contributed by atoms with Crippen molar-refractivity contribution in [3.8, 4) is 11.5 Å². The third-order valence-electron chi connectivity index (χ3n) is 1.66. The van der Waals surface area contributed by atoms with Gasteiger partial charge in [-0.3, -0.25) is 0 Å². The van der Waals surface area contributed by atoms with Gasteiger partial charge in [-0.15, -0.1) is 12.1 Å². The Labute approximate surface area is 116 Å². The molecule has 0 atom stereocenters. The molecule has 0 saturated heterocycles. The molecule has 15 heavy (non-hydrogen) atoms. The first-order chi connectivity index (χ1) is 6.45. The Kier molecular flexibility index (Phi) is 7.47. The largest absolute Gasteiger partial charge is 2.00 e. The van der Waals surface area contributed by atoms with E-state index in [4.69, 9.17) is 4.74 Å². The van der Waals surface area contributed by atoms with Crippen LogP contribution in [-0.2, 0) is 0 Å². The van der Waals surface area contributed by atoms with Crippen molar-refractivity contribution in [2.24, 2.45) is 0 Å². The Balaban J connectivity index is 0.000000980. The summed E-state index contributed by atoms with van der Waals surface area (Å²) in [6, 6.07) is 20.1. The van der Waals surface area contributed by atoms with Crippen LogP contribution in [0.25, 0.3) is 0 Å². The van der Waals surface area contributed by atoms with Gasteiger partial charge in [0.05, 0.1) is 0 Å². The van der Waals surface area contributed by atoms with Crippen LogP contribution in [0.3, 0.4) is 0 Å². The minimum absolute atomic E-state index is 0. The predicted octanol–water partition coefficient (Wildman–Crippen LogP) is -0.0977. The van der Waals surface area contributed by atoms with E-state index in [1.165, 1.54) is 0 Å². The van der Waals surface area contributed by atoms with Gasteiger partial charge in [-0.25, -0.2) is 0 Å². The van der Waals surface area contributed by atoms with Crippen molar-refractivity contribution in [2.45, 2.75) is 0 Å². The van der Waals surface area contributed by atoms with Crippen LogP contribution in [-0.4, -0.2) is 23.1 Å². The maximum Gasteiger partial charge on any atom is 2.00 e. The molecule has 0 aliphatic rings. The Morgan fingerprint density at radius 1 is 0.867 bits per heavy atom. The van der Waals surface area contributed by atoms with Crippen molar-refractivity contribution in [3.63, 3.8) is 0 Å². The number of para-hydroxylation sites is 1. The van der Waals surface area contributed by atoms with Crippen molar-refractivity contribution in [2.75, 3.05) is 0 Å². The molecule has 0 N–H and O–H groups in total. The molecule has 0 saturated carbocycles. The average molecular weight is 273 g/mol. The second kappa shape index (κ2) is 7.74. The molecular formula is C12H9BrMgO. The monoisotopic (exact) mass is 272 g/mol. The van der Waals surface area contributed by atoms with Gasteiger partial charge < -0.3 is 21.7 Å². The second-order valence-corrected chi connectivity index (χ2v) is 2.65. The van der Waals surface area contributed by atoms with Gasteiger partial charge in [-0.2, -0.15) is 18.2 Å². The van der Waals surface area contributed by atoms with Crippen LogP contribution < -0.4 is 21.7 Å². The van der Waals surface area contributed by atoms with E-state index in [9.17, 15) is 0 Å². The van der Waals surface area contributed by atoms with Crippen molar-refractivity contribution in [3.05, 3.63) is 60.7 Å². The number of rotatable bonds is 2. The zero-order valence-electron chi connectivity index (χ0n) is 8.19. The summed E-state index contributed by atoms with van der Waals surface area (Å²) in [5.74, 6) is 1.66. The summed E-state index contributed by atoms with van der Waals surface area (Å²) < 4.78 is 5.55. The fourth-order valence-electron chi connectivity index (χ4n) is 1.06. The fourth-order valence-corrected chi connectivity index (χ4v) is 1.06. The zero-order chi connectivity index (χ0) is 8.93. The molecule has 2 aromatic carbocycles. The Bertz CT molecular complexity index is 326. The number of hydrogen-bond donors (Lipinski definition) is 0. The van der Waals surface area contributed by atoms with E-state index in [1.807, 2.05) is 54.6 Å². The summed E-state index contributed by atoms with van der Waals surface area (Å²) in [5.41, 5.74) is 0. The first-order valence-corrected chi connectivity index (χ1v) is 4.14. The maximum atomic E-state index is 5.55. The molecule has 0 heterocycles. The van der Waals surface area contributed by atoms with E-state index in [-0.39, 0.29) is 40.0 Å². The molecule has 0 spiro atoms. The molecule has 2 rings (SSSR count). The van der Waals surface area contributed by atoms with Gasteiger partial charge in [0, 0.05) is 5.75 Å². The third kappa shape index (κ3) is 4.69. The zero-order valence-corrected chi connectivity index (χ0v) is 11.2. The molecule has 0 aliphatic carbocycles. The van der Waals surface area contributed by atoms with Crippen molar-refractivity contribution in [1.29, 1.82) is 0 Å². The topological polar surface area (TPSA) is 9.23 Å². The third-order valence-corrected chi connectivity index (χ3v) is 1.66. The van der Waals surface area contributed by atoms with Gasteiger partial charge in [0.1, 0.15) is 5.75 Å². The molecule has 0 aliphatic heterocycles. The van der Waals surface area contributed by atoms with Gasteiger partial charge >= 0.3 is 23.1 Å². The van der Waals surface area contributed by atoms with Crippen LogP contribution in [0.1, 0.15) is 0 Å². The number of halogens is 1. The smallest absolute Gasteiger partial charge is 1.00 e. The van der Waals surface area contributed by atoms with Crippen LogP contribution in [0.4, 0.5) is 0 Å². The summed E-state index contributed by atoms with van der Waals surface area (Å²) in [6.45, 7) is 0. The standard InChI is InChI=1S/C12H9O.BrH.Mg/c1-3-7-11(8-4-1)13-12-9-5-2-6-10-12;;/h1-5,7-10H;1H;/q-1;;+2/p-1. The number of hydrogen-bond acceptors (Lipinski definition) is 1. The summed E-state index contributed by atoms with van der Waals surface area (Å²) in [6.07, 6.45) is 0. The molecule has 2 aromatic rings. The molecular weight excluding hydrogens is 264 g/mol. The molecule has 0 amide bonds. The fraction of sp³-hybridized carbons (Fsp3) is 0. The van der Waals surface area contributed by atoms with Crippen LogP contribution in [0, 0.1) is 6.07 Å². The van der Waals surface area contributed by atoms with E-state index < -0.39 is 0 Å². The summed E-state index contributed by atoms with van der Waals surface area (Å²) in [4.78, 5) is 0. The Hall–Kier alpha value is -0.514. The quantitative estimate of drug-likeness (QED) is 0.549. The Morgan fingerprint density at radius 2 is 1.53 bits per heavy atom. The molecule has 0 unspecified atom stereocenters. The molecule has 0 bridgehead atoms. The molecule has 72 valence electrons. The molecule has 0 radical (unpaired) electrons. The summed E-state index contributed by atoms with van der Waals surface area (Å²) >= 11 is 0. The van der Waals surface area contributed by atoms with E-state index >= 15 is 0 Å². The number of benzene rings is 2. The summed E-state index contributed by atoms with van der Waals surface area (Å²) in [5, 5.41) is 0. The van der Waals surface area contributed by atoms with E-state index in [2.05, 4.69) is 6.07 Å². The SMILES string of the molecule is [Br-].[Mg+2].[c-]1cccc(Oc2ccccc2)c1. The van der Waals surface area contributed by atoms with Gasteiger partial charge in [0.25, 0.3) is 0 Å². The Morgan fingerprint density at radius 3 is 2.13 bits per heavy atom. The van der Waals surface area contributed by atoms with Gasteiger partial charge in [-0.1, -0.05) is 18.2 Å². The second-order valence-electron chi connectivity index (χ2n) is 2.65. The first-order valence-electron chi connectivity index (χ1n) is 4.14. The maximum absolute atomic E-state index is 5.55. The molecule has 1 nitrogen and oxygen atoms in total. The summed E-state index contributed by atoms with van der Waals surface area (Å²) in [7, 11) is 0. The predicted molar refractivity (Wildman–Crippen MR) is 57.5 cm³/mol. The van der Waals surface area contributed by atoms with Gasteiger partial charge in [0.2, 0.25) is 0 Å². The normalized spacial score (nSPS) is 8.27. The van der Waals surface area contributed by atoms with Crippen molar-refractivity contribution in [1.82, 2.24) is 0 Å². The van der Waals surface area contributed by atoms with E-state index in [1.54, 1.807) is 0 Å². The molecule has 0 fully saturated rings. The van der Waals surface area contributed by atoms with Crippen LogP contribution in [0.5, 0.6) is 11.5 Å².